The lowest BCUT2D eigenvalue weighted by Gasteiger charge is -2.20. The van der Waals surface area contributed by atoms with Crippen LogP contribution in [0.1, 0.15) is 6.92 Å². The lowest BCUT2D eigenvalue weighted by atomic mass is 10.2. The summed E-state index contributed by atoms with van der Waals surface area (Å²) in [6.45, 7) is 2.94. The van der Waals surface area contributed by atoms with E-state index in [1.165, 1.54) is 12.1 Å². The van der Waals surface area contributed by atoms with Crippen molar-refractivity contribution in [3.63, 3.8) is 0 Å². The van der Waals surface area contributed by atoms with E-state index in [4.69, 9.17) is 4.74 Å². The molecule has 0 fully saturated rings. The fraction of sp³-hybridized carbons (Fsp3) is 0.400. The van der Waals surface area contributed by atoms with Crippen LogP contribution in [-0.2, 0) is 4.74 Å². The molecule has 2 rings (SSSR count). The molecule has 0 aliphatic carbocycles. The van der Waals surface area contributed by atoms with Gasteiger partial charge < -0.3 is 4.74 Å². The molecule has 1 aromatic rings. The second kappa shape index (κ2) is 4.88. The molecule has 0 saturated heterocycles. The predicted molar refractivity (Wildman–Crippen MR) is 60.7 cm³/mol. The van der Waals surface area contributed by atoms with E-state index >= 15 is 0 Å². The SMILES string of the molecule is CCOC1CN=NN1c1ccc([N+](=O)[O-])cc1. The Labute approximate surface area is 97.8 Å². The van der Waals surface area contributed by atoms with Gasteiger partial charge in [-0.3, -0.25) is 10.1 Å². The number of benzene rings is 1. The molecule has 1 aromatic carbocycles. The van der Waals surface area contributed by atoms with E-state index in [2.05, 4.69) is 10.3 Å². The summed E-state index contributed by atoms with van der Waals surface area (Å²) in [6, 6.07) is 6.14. The van der Waals surface area contributed by atoms with Crippen molar-refractivity contribution in [2.24, 2.45) is 10.3 Å². The monoisotopic (exact) mass is 236 g/mol. The quantitative estimate of drug-likeness (QED) is 0.592. The fourth-order valence-electron chi connectivity index (χ4n) is 1.57. The maximum absolute atomic E-state index is 10.5. The van der Waals surface area contributed by atoms with Gasteiger partial charge in [0.05, 0.1) is 10.6 Å². The molecule has 17 heavy (non-hydrogen) atoms. The van der Waals surface area contributed by atoms with Gasteiger partial charge >= 0.3 is 0 Å². The summed E-state index contributed by atoms with van der Waals surface area (Å²) in [7, 11) is 0. The Kier molecular flexibility index (Phi) is 3.29. The van der Waals surface area contributed by atoms with Crippen LogP contribution in [0.25, 0.3) is 0 Å². The topological polar surface area (TPSA) is 80.3 Å². The van der Waals surface area contributed by atoms with E-state index in [0.717, 1.165) is 5.69 Å². The molecule has 0 spiro atoms. The number of non-ortho nitro benzene ring substituents is 1. The first-order valence-electron chi connectivity index (χ1n) is 5.25. The first-order chi connectivity index (χ1) is 8.22. The Hall–Kier alpha value is -2.02. The molecule has 0 bridgehead atoms. The number of nitrogens with zero attached hydrogens (tertiary/aromatic N) is 4. The van der Waals surface area contributed by atoms with Crippen molar-refractivity contribution in [1.29, 1.82) is 0 Å². The number of nitro groups is 1. The minimum atomic E-state index is -0.435. The first kappa shape index (κ1) is 11.5. The van der Waals surface area contributed by atoms with Gasteiger partial charge in [0.25, 0.3) is 5.69 Å². The highest BCUT2D eigenvalue weighted by Crippen LogP contribution is 2.24. The number of rotatable bonds is 4. The zero-order chi connectivity index (χ0) is 12.3. The van der Waals surface area contributed by atoms with E-state index in [1.54, 1.807) is 17.1 Å². The molecule has 1 unspecified atom stereocenters. The first-order valence-corrected chi connectivity index (χ1v) is 5.25. The van der Waals surface area contributed by atoms with E-state index in [-0.39, 0.29) is 11.9 Å². The van der Waals surface area contributed by atoms with Gasteiger partial charge in [0.1, 0.15) is 6.54 Å². The minimum absolute atomic E-state index is 0.0536. The highest BCUT2D eigenvalue weighted by Gasteiger charge is 2.24. The van der Waals surface area contributed by atoms with Crippen molar-refractivity contribution >= 4 is 11.4 Å². The van der Waals surface area contributed by atoms with Gasteiger partial charge in [0, 0.05) is 18.7 Å². The maximum atomic E-state index is 10.5. The Morgan fingerprint density at radius 3 is 2.82 bits per heavy atom. The standard InChI is InChI=1S/C10H12N4O3/c1-2-17-10-7-11-12-13(10)8-3-5-9(6-4-8)14(15)16/h3-6,10H,2,7H2,1H3. The van der Waals surface area contributed by atoms with Gasteiger partial charge in [-0.15, -0.1) is 0 Å². The molecular weight excluding hydrogens is 224 g/mol. The molecule has 7 heteroatoms. The van der Waals surface area contributed by atoms with Gasteiger partial charge in [-0.1, -0.05) is 5.22 Å². The predicted octanol–water partition coefficient (Wildman–Crippen LogP) is 2.14. The molecule has 7 nitrogen and oxygen atoms in total. The van der Waals surface area contributed by atoms with Crippen LogP contribution in [0.3, 0.4) is 0 Å². The normalized spacial score (nSPS) is 18.6. The average molecular weight is 236 g/mol. The molecule has 0 N–H and O–H groups in total. The van der Waals surface area contributed by atoms with Crippen LogP contribution in [0.2, 0.25) is 0 Å². The van der Waals surface area contributed by atoms with Gasteiger partial charge in [-0.25, -0.2) is 5.01 Å². The summed E-state index contributed by atoms with van der Waals surface area (Å²) in [5.74, 6) is 0. The summed E-state index contributed by atoms with van der Waals surface area (Å²) in [4.78, 5) is 10.1. The molecule has 0 radical (unpaired) electrons. The lowest BCUT2D eigenvalue weighted by Crippen LogP contribution is -2.31. The van der Waals surface area contributed by atoms with Gasteiger partial charge in [-0.05, 0) is 19.1 Å². The number of hydrogen-bond acceptors (Lipinski definition) is 6. The number of hydrogen-bond donors (Lipinski definition) is 0. The Morgan fingerprint density at radius 1 is 1.53 bits per heavy atom. The summed E-state index contributed by atoms with van der Waals surface area (Å²) in [5.41, 5.74) is 0.785. The zero-order valence-corrected chi connectivity index (χ0v) is 9.31. The molecule has 1 aliphatic heterocycles. The average Bonchev–Trinajstić information content (AvgIpc) is 2.78. The van der Waals surface area contributed by atoms with E-state index in [0.29, 0.717) is 13.2 Å². The van der Waals surface area contributed by atoms with Crippen molar-refractivity contribution in [3.05, 3.63) is 34.4 Å². The van der Waals surface area contributed by atoms with Crippen LogP contribution in [0, 0.1) is 10.1 Å². The van der Waals surface area contributed by atoms with Crippen LogP contribution in [0.15, 0.2) is 34.6 Å². The highest BCUT2D eigenvalue weighted by molar-refractivity contribution is 5.50. The molecule has 0 saturated carbocycles. The lowest BCUT2D eigenvalue weighted by molar-refractivity contribution is -0.384. The molecule has 0 amide bonds. The van der Waals surface area contributed by atoms with E-state index in [1.807, 2.05) is 6.92 Å². The number of nitro benzene ring substituents is 1. The van der Waals surface area contributed by atoms with E-state index < -0.39 is 4.92 Å². The number of ether oxygens (including phenoxy) is 1. The molecule has 1 atom stereocenters. The zero-order valence-electron chi connectivity index (χ0n) is 9.31. The number of anilines is 1. The van der Waals surface area contributed by atoms with Crippen LogP contribution in [0.5, 0.6) is 0 Å². The second-order valence-electron chi connectivity index (χ2n) is 3.44. The Morgan fingerprint density at radius 2 is 2.24 bits per heavy atom. The van der Waals surface area contributed by atoms with Crippen LogP contribution in [-0.4, -0.2) is 24.3 Å². The second-order valence-corrected chi connectivity index (χ2v) is 3.44. The van der Waals surface area contributed by atoms with Gasteiger partial charge in [-0.2, -0.15) is 5.11 Å². The van der Waals surface area contributed by atoms with Crippen LogP contribution < -0.4 is 5.01 Å². The van der Waals surface area contributed by atoms with Crippen LogP contribution in [0.4, 0.5) is 11.4 Å². The van der Waals surface area contributed by atoms with Gasteiger partial charge in [0.15, 0.2) is 6.23 Å². The Bertz CT molecular complexity index is 432. The third-order valence-corrected chi connectivity index (χ3v) is 2.35. The van der Waals surface area contributed by atoms with Crippen molar-refractivity contribution in [3.8, 4) is 0 Å². The van der Waals surface area contributed by atoms with Crippen molar-refractivity contribution in [2.45, 2.75) is 13.2 Å². The minimum Gasteiger partial charge on any atom is -0.355 e. The maximum Gasteiger partial charge on any atom is 0.269 e. The third kappa shape index (κ3) is 2.39. The van der Waals surface area contributed by atoms with Gasteiger partial charge in [0.2, 0.25) is 0 Å². The smallest absolute Gasteiger partial charge is 0.269 e. The summed E-state index contributed by atoms with van der Waals surface area (Å²) < 4.78 is 5.45. The fourth-order valence-corrected chi connectivity index (χ4v) is 1.57. The summed E-state index contributed by atoms with van der Waals surface area (Å²) in [5, 5.41) is 20.0. The highest BCUT2D eigenvalue weighted by atomic mass is 16.6. The third-order valence-electron chi connectivity index (χ3n) is 2.35. The molecule has 1 aliphatic rings. The van der Waals surface area contributed by atoms with Crippen molar-refractivity contribution in [1.82, 2.24) is 0 Å². The molecular formula is C10H12N4O3. The molecule has 1 heterocycles. The van der Waals surface area contributed by atoms with E-state index in [9.17, 15) is 10.1 Å². The largest absolute Gasteiger partial charge is 0.355 e. The van der Waals surface area contributed by atoms with Crippen LogP contribution >= 0.6 is 0 Å². The van der Waals surface area contributed by atoms with Crippen molar-refractivity contribution < 1.29 is 9.66 Å². The molecule has 90 valence electrons. The van der Waals surface area contributed by atoms with Crippen molar-refractivity contribution in [2.75, 3.05) is 18.2 Å². The molecule has 0 aromatic heterocycles. The summed E-state index contributed by atoms with van der Waals surface area (Å²) >= 11 is 0. The summed E-state index contributed by atoms with van der Waals surface area (Å²) in [6.07, 6.45) is -0.221. The Balaban J connectivity index is 2.16.